The molecule has 3 heteroatoms. The molecule has 0 aromatic heterocycles. The molecule has 0 spiro atoms. The van der Waals surface area contributed by atoms with Crippen molar-refractivity contribution in [1.82, 2.24) is 0 Å². The predicted octanol–water partition coefficient (Wildman–Crippen LogP) is 3.02. The van der Waals surface area contributed by atoms with Crippen molar-refractivity contribution in [2.24, 2.45) is 0 Å². The van der Waals surface area contributed by atoms with Crippen LogP contribution in [0.3, 0.4) is 0 Å². The van der Waals surface area contributed by atoms with Crippen LogP contribution in [-0.4, -0.2) is 18.8 Å². The van der Waals surface area contributed by atoms with Crippen molar-refractivity contribution in [2.75, 3.05) is 13.7 Å². The first kappa shape index (κ1) is 13.0. The van der Waals surface area contributed by atoms with E-state index in [9.17, 15) is 5.11 Å². The molecule has 0 amide bonds. The Bertz CT molecular complexity index is 634. The Labute approximate surface area is 118 Å². The molecule has 1 atom stereocenters. The van der Waals surface area contributed by atoms with Gasteiger partial charge in [0.15, 0.2) is 0 Å². The van der Waals surface area contributed by atoms with Gasteiger partial charge in [-0.2, -0.15) is 0 Å². The molecule has 3 rings (SSSR count). The number of ether oxygens (including phenoxy) is 2. The summed E-state index contributed by atoms with van der Waals surface area (Å²) in [7, 11) is 1.62. The molecule has 0 aliphatic carbocycles. The lowest BCUT2D eigenvalue weighted by Gasteiger charge is -2.16. The first-order chi connectivity index (χ1) is 9.69. The van der Waals surface area contributed by atoms with Gasteiger partial charge in [-0.3, -0.25) is 0 Å². The van der Waals surface area contributed by atoms with Gasteiger partial charge in [0, 0.05) is 12.0 Å². The van der Waals surface area contributed by atoms with Crippen molar-refractivity contribution < 1.29 is 14.6 Å². The lowest BCUT2D eigenvalue weighted by molar-refractivity contribution is 0.214. The average molecular weight is 270 g/mol. The van der Waals surface area contributed by atoms with Crippen molar-refractivity contribution in [3.05, 3.63) is 58.7 Å². The molecule has 104 valence electrons. The van der Waals surface area contributed by atoms with Crippen LogP contribution in [0, 0.1) is 6.92 Å². The predicted molar refractivity (Wildman–Crippen MR) is 77.4 cm³/mol. The number of fused-ring (bicyclic) bond motifs is 1. The highest BCUT2D eigenvalue weighted by molar-refractivity contribution is 5.46. The van der Waals surface area contributed by atoms with Crippen LogP contribution in [0.5, 0.6) is 11.5 Å². The first-order valence-corrected chi connectivity index (χ1v) is 6.77. The zero-order valence-electron chi connectivity index (χ0n) is 11.7. The Morgan fingerprint density at radius 3 is 2.85 bits per heavy atom. The number of hydrogen-bond acceptors (Lipinski definition) is 3. The molecule has 1 N–H and O–H groups in total. The lowest BCUT2D eigenvalue weighted by atomic mass is 9.97. The third-order valence-electron chi connectivity index (χ3n) is 3.71. The van der Waals surface area contributed by atoms with Crippen molar-refractivity contribution in [1.29, 1.82) is 0 Å². The van der Waals surface area contributed by atoms with Crippen molar-refractivity contribution in [3.63, 3.8) is 0 Å². The molecule has 0 radical (unpaired) electrons. The Morgan fingerprint density at radius 1 is 1.20 bits per heavy atom. The molecule has 1 unspecified atom stereocenters. The molecule has 2 aromatic carbocycles. The molecule has 0 bridgehead atoms. The molecule has 0 saturated heterocycles. The highest BCUT2D eigenvalue weighted by Crippen LogP contribution is 2.34. The second-order valence-electron chi connectivity index (χ2n) is 5.11. The maximum atomic E-state index is 10.6. The van der Waals surface area contributed by atoms with E-state index >= 15 is 0 Å². The molecule has 0 fully saturated rings. The Morgan fingerprint density at radius 2 is 2.05 bits per heavy atom. The molecule has 2 aromatic rings. The Hall–Kier alpha value is -2.00. The number of benzene rings is 2. The summed E-state index contributed by atoms with van der Waals surface area (Å²) >= 11 is 0. The molecule has 1 aliphatic heterocycles. The molecule has 20 heavy (non-hydrogen) atoms. The van der Waals surface area contributed by atoms with Crippen LogP contribution in [-0.2, 0) is 6.42 Å². The van der Waals surface area contributed by atoms with Crippen LogP contribution in [0.2, 0.25) is 0 Å². The maximum Gasteiger partial charge on any atom is 0.125 e. The minimum atomic E-state index is -0.684. The average Bonchev–Trinajstić information content (AvgIpc) is 2.93. The normalized spacial score (nSPS) is 14.6. The summed E-state index contributed by atoms with van der Waals surface area (Å²) in [5.74, 6) is 1.64. The topological polar surface area (TPSA) is 38.7 Å². The van der Waals surface area contributed by atoms with E-state index < -0.39 is 6.10 Å². The molecule has 3 nitrogen and oxygen atoms in total. The second kappa shape index (κ2) is 5.17. The van der Waals surface area contributed by atoms with Crippen molar-refractivity contribution >= 4 is 0 Å². The fourth-order valence-electron chi connectivity index (χ4n) is 2.62. The van der Waals surface area contributed by atoms with Gasteiger partial charge >= 0.3 is 0 Å². The third-order valence-corrected chi connectivity index (χ3v) is 3.71. The zero-order valence-corrected chi connectivity index (χ0v) is 11.7. The van der Waals surface area contributed by atoms with E-state index in [-0.39, 0.29) is 0 Å². The summed E-state index contributed by atoms with van der Waals surface area (Å²) in [5, 5.41) is 10.6. The van der Waals surface area contributed by atoms with E-state index in [4.69, 9.17) is 9.47 Å². The van der Waals surface area contributed by atoms with Gasteiger partial charge in [0.05, 0.1) is 13.7 Å². The summed E-state index contributed by atoms with van der Waals surface area (Å²) in [5.41, 5.74) is 3.93. The molecule has 1 aliphatic rings. The minimum absolute atomic E-state index is 0.684. The third kappa shape index (κ3) is 2.25. The first-order valence-electron chi connectivity index (χ1n) is 6.77. The number of aliphatic hydroxyl groups is 1. The molecule has 0 saturated carbocycles. The van der Waals surface area contributed by atoms with Gasteiger partial charge in [-0.05, 0) is 42.3 Å². The highest BCUT2D eigenvalue weighted by Gasteiger charge is 2.19. The SMILES string of the molecule is COc1ccc(C)cc1C(O)c1ccc2c(c1)CCO2. The van der Waals surface area contributed by atoms with Gasteiger partial charge in [-0.25, -0.2) is 0 Å². The second-order valence-corrected chi connectivity index (χ2v) is 5.11. The van der Waals surface area contributed by atoms with Gasteiger partial charge in [0.25, 0.3) is 0 Å². The fraction of sp³-hybridized carbons (Fsp3) is 0.294. The van der Waals surface area contributed by atoms with Gasteiger partial charge in [0.2, 0.25) is 0 Å². The monoisotopic (exact) mass is 270 g/mol. The van der Waals surface area contributed by atoms with Crippen molar-refractivity contribution in [3.8, 4) is 11.5 Å². The van der Waals surface area contributed by atoms with Crippen LogP contribution in [0.25, 0.3) is 0 Å². The van der Waals surface area contributed by atoms with E-state index in [0.29, 0.717) is 5.75 Å². The Balaban J connectivity index is 2.00. The maximum absolute atomic E-state index is 10.6. The van der Waals surface area contributed by atoms with E-state index in [2.05, 4.69) is 0 Å². The molecule has 1 heterocycles. The van der Waals surface area contributed by atoms with Crippen LogP contribution < -0.4 is 9.47 Å². The Kier molecular flexibility index (Phi) is 3.36. The van der Waals surface area contributed by atoms with Crippen LogP contribution in [0.1, 0.15) is 28.4 Å². The summed E-state index contributed by atoms with van der Waals surface area (Å²) in [6.07, 6.45) is 0.219. The fourth-order valence-corrected chi connectivity index (χ4v) is 2.62. The number of rotatable bonds is 3. The van der Waals surface area contributed by atoms with Gasteiger partial charge < -0.3 is 14.6 Å². The van der Waals surface area contributed by atoms with Crippen LogP contribution >= 0.6 is 0 Å². The van der Waals surface area contributed by atoms with Crippen LogP contribution in [0.4, 0.5) is 0 Å². The number of hydrogen-bond donors (Lipinski definition) is 1. The van der Waals surface area contributed by atoms with Gasteiger partial charge in [-0.15, -0.1) is 0 Å². The minimum Gasteiger partial charge on any atom is -0.496 e. The van der Waals surface area contributed by atoms with E-state index in [0.717, 1.165) is 41.0 Å². The van der Waals surface area contributed by atoms with E-state index in [1.54, 1.807) is 7.11 Å². The number of aryl methyl sites for hydroxylation is 1. The summed E-state index contributed by atoms with van der Waals surface area (Å²) in [4.78, 5) is 0. The highest BCUT2D eigenvalue weighted by atomic mass is 16.5. The summed E-state index contributed by atoms with van der Waals surface area (Å²) in [6.45, 7) is 2.73. The van der Waals surface area contributed by atoms with Gasteiger partial charge in [-0.1, -0.05) is 17.7 Å². The summed E-state index contributed by atoms with van der Waals surface area (Å²) < 4.78 is 10.8. The zero-order chi connectivity index (χ0) is 14.1. The smallest absolute Gasteiger partial charge is 0.125 e. The number of methoxy groups -OCH3 is 1. The lowest BCUT2D eigenvalue weighted by Crippen LogP contribution is -2.03. The molecular weight excluding hydrogens is 252 g/mol. The van der Waals surface area contributed by atoms with Crippen molar-refractivity contribution in [2.45, 2.75) is 19.4 Å². The number of aliphatic hydroxyl groups excluding tert-OH is 1. The standard InChI is InChI=1S/C17H18O3/c1-11-3-5-16(19-2)14(9-11)17(18)13-4-6-15-12(10-13)7-8-20-15/h3-6,9-10,17-18H,7-8H2,1-2H3. The van der Waals surface area contributed by atoms with E-state index in [1.807, 2.05) is 43.3 Å². The largest absolute Gasteiger partial charge is 0.496 e. The molecular formula is C17H18O3. The van der Waals surface area contributed by atoms with Gasteiger partial charge in [0.1, 0.15) is 17.6 Å². The summed E-state index contributed by atoms with van der Waals surface area (Å²) in [6, 6.07) is 11.7. The quantitative estimate of drug-likeness (QED) is 0.931. The van der Waals surface area contributed by atoms with E-state index in [1.165, 1.54) is 0 Å². The van der Waals surface area contributed by atoms with Crippen LogP contribution in [0.15, 0.2) is 36.4 Å².